The van der Waals surface area contributed by atoms with Crippen molar-refractivity contribution < 1.29 is 8.42 Å². The number of nitrogens with zero attached hydrogens (tertiary/aromatic N) is 1. The number of amidine groups is 1. The van der Waals surface area contributed by atoms with Crippen molar-refractivity contribution in [3.8, 4) is 0 Å². The van der Waals surface area contributed by atoms with Gasteiger partial charge in [-0.2, -0.15) is 0 Å². The maximum Gasteiger partial charge on any atom is 0.208 e. The molecule has 0 aliphatic carbocycles. The van der Waals surface area contributed by atoms with Crippen LogP contribution >= 0.6 is 11.8 Å². The van der Waals surface area contributed by atoms with Gasteiger partial charge in [0.2, 0.25) is 10.0 Å². The monoisotopic (exact) mass is 265 g/mol. The molecule has 2 N–H and O–H groups in total. The van der Waals surface area contributed by atoms with Crippen LogP contribution in [0.1, 0.15) is 13.8 Å². The molecule has 1 atom stereocenters. The summed E-state index contributed by atoms with van der Waals surface area (Å²) in [6.45, 7) is 6.18. The van der Waals surface area contributed by atoms with E-state index in [4.69, 9.17) is 0 Å². The molecule has 0 aromatic carbocycles. The second-order valence-corrected chi connectivity index (χ2v) is 7.20. The second-order valence-electron chi connectivity index (χ2n) is 4.14. The van der Waals surface area contributed by atoms with Crippen molar-refractivity contribution in [1.29, 1.82) is 0 Å². The van der Waals surface area contributed by atoms with Crippen molar-refractivity contribution in [1.82, 2.24) is 10.0 Å². The molecule has 0 bridgehead atoms. The third-order valence-electron chi connectivity index (χ3n) is 2.19. The topological polar surface area (TPSA) is 70.6 Å². The van der Waals surface area contributed by atoms with Gasteiger partial charge in [-0.3, -0.25) is 4.99 Å². The van der Waals surface area contributed by atoms with E-state index in [1.165, 1.54) is 0 Å². The molecule has 0 radical (unpaired) electrons. The minimum Gasteiger partial charge on any atom is -0.364 e. The van der Waals surface area contributed by atoms with E-state index in [1.54, 1.807) is 11.8 Å². The molecular weight excluding hydrogens is 246 g/mol. The fourth-order valence-corrected chi connectivity index (χ4v) is 2.76. The third-order valence-corrected chi connectivity index (χ3v) is 4.41. The van der Waals surface area contributed by atoms with Gasteiger partial charge in [0.05, 0.1) is 12.8 Å². The van der Waals surface area contributed by atoms with Crippen molar-refractivity contribution in [2.45, 2.75) is 19.1 Å². The second kappa shape index (κ2) is 5.88. The Hall–Kier alpha value is -0.270. The van der Waals surface area contributed by atoms with Crippen LogP contribution < -0.4 is 10.0 Å². The first-order valence-corrected chi connectivity index (χ1v) is 8.05. The summed E-state index contributed by atoms with van der Waals surface area (Å²) in [6, 6.07) is 0. The molecule has 5 nitrogen and oxygen atoms in total. The lowest BCUT2D eigenvalue weighted by Gasteiger charge is -2.12. The molecule has 0 saturated carbocycles. The third kappa shape index (κ3) is 5.18. The van der Waals surface area contributed by atoms with Gasteiger partial charge in [0, 0.05) is 18.3 Å². The zero-order valence-corrected chi connectivity index (χ0v) is 11.5. The van der Waals surface area contributed by atoms with Crippen molar-refractivity contribution in [3.63, 3.8) is 0 Å². The van der Waals surface area contributed by atoms with Gasteiger partial charge in [-0.15, -0.1) is 0 Å². The number of hydrogen-bond donors (Lipinski definition) is 2. The summed E-state index contributed by atoms with van der Waals surface area (Å²) in [5, 5.41) is 4.60. The van der Waals surface area contributed by atoms with Crippen LogP contribution in [0.2, 0.25) is 0 Å². The van der Waals surface area contributed by atoms with Crippen molar-refractivity contribution in [3.05, 3.63) is 0 Å². The first-order valence-electron chi connectivity index (χ1n) is 5.28. The van der Waals surface area contributed by atoms with Crippen LogP contribution in [0, 0.1) is 5.92 Å². The van der Waals surface area contributed by atoms with E-state index >= 15 is 0 Å². The van der Waals surface area contributed by atoms with Crippen molar-refractivity contribution >= 4 is 27.0 Å². The fourth-order valence-electron chi connectivity index (χ4n) is 1.24. The number of nitrogens with one attached hydrogen (secondary N) is 2. The number of rotatable bonds is 5. The van der Waals surface area contributed by atoms with E-state index in [9.17, 15) is 8.42 Å². The summed E-state index contributed by atoms with van der Waals surface area (Å²) in [6.07, 6.45) is 1.16. The zero-order valence-electron chi connectivity index (χ0n) is 9.86. The summed E-state index contributed by atoms with van der Waals surface area (Å²) in [7, 11) is -3.08. The van der Waals surface area contributed by atoms with Gasteiger partial charge >= 0.3 is 0 Å². The van der Waals surface area contributed by atoms with Gasteiger partial charge in [0.1, 0.15) is 0 Å². The lowest BCUT2D eigenvalue weighted by Crippen LogP contribution is -2.32. The number of sulfonamides is 1. The van der Waals surface area contributed by atoms with Crippen LogP contribution in [0.3, 0.4) is 0 Å². The Kier molecular flexibility index (Phi) is 5.07. The van der Waals surface area contributed by atoms with Crippen LogP contribution in [-0.4, -0.2) is 44.7 Å². The molecule has 1 aliphatic heterocycles. The van der Waals surface area contributed by atoms with E-state index in [2.05, 4.69) is 28.9 Å². The van der Waals surface area contributed by atoms with E-state index < -0.39 is 10.0 Å². The molecule has 94 valence electrons. The van der Waals surface area contributed by atoms with Crippen molar-refractivity contribution in [2.24, 2.45) is 10.9 Å². The lowest BCUT2D eigenvalue weighted by atomic mass is 10.1. The zero-order chi connectivity index (χ0) is 12.2. The maximum atomic E-state index is 10.8. The highest BCUT2D eigenvalue weighted by Gasteiger charge is 2.21. The summed E-state index contributed by atoms with van der Waals surface area (Å²) < 4.78 is 24.0. The first kappa shape index (κ1) is 13.8. The first-order chi connectivity index (χ1) is 7.38. The Balaban J connectivity index is 2.16. The Morgan fingerprint density at radius 1 is 1.50 bits per heavy atom. The number of hydrogen-bond acceptors (Lipinski definition) is 5. The van der Waals surface area contributed by atoms with E-state index in [-0.39, 0.29) is 0 Å². The summed E-state index contributed by atoms with van der Waals surface area (Å²) in [5.41, 5.74) is 0. The smallest absolute Gasteiger partial charge is 0.208 e. The largest absolute Gasteiger partial charge is 0.364 e. The molecule has 1 rings (SSSR count). The Bertz CT molecular complexity index is 352. The van der Waals surface area contributed by atoms with Crippen LogP contribution in [0.15, 0.2) is 4.99 Å². The van der Waals surface area contributed by atoms with Gasteiger partial charge in [-0.1, -0.05) is 25.6 Å². The van der Waals surface area contributed by atoms with Crippen LogP contribution in [0.25, 0.3) is 0 Å². The molecular formula is C9H19N3O2S2. The lowest BCUT2D eigenvalue weighted by molar-refractivity contribution is 0.587. The highest BCUT2D eigenvalue weighted by molar-refractivity contribution is 8.14. The highest BCUT2D eigenvalue weighted by Crippen LogP contribution is 2.25. The minimum atomic E-state index is -3.08. The predicted octanol–water partition coefficient (Wildman–Crippen LogP) is 0.253. The van der Waals surface area contributed by atoms with Crippen molar-refractivity contribution in [2.75, 3.05) is 25.9 Å². The van der Waals surface area contributed by atoms with Gasteiger partial charge in [0.25, 0.3) is 0 Å². The Labute approximate surface area is 102 Å². The number of aliphatic imine (C=N–C) groups is 1. The summed E-state index contributed by atoms with van der Waals surface area (Å²) in [5.74, 6) is 0.613. The Morgan fingerprint density at radius 2 is 2.19 bits per heavy atom. The average Bonchev–Trinajstić information content (AvgIpc) is 2.59. The van der Waals surface area contributed by atoms with Gasteiger partial charge in [0.15, 0.2) is 5.17 Å². The molecule has 16 heavy (non-hydrogen) atoms. The number of thioether (sulfide) groups is 1. The fraction of sp³-hybridized carbons (Fsp3) is 0.889. The highest BCUT2D eigenvalue weighted by atomic mass is 32.2. The van der Waals surface area contributed by atoms with Gasteiger partial charge < -0.3 is 5.32 Å². The van der Waals surface area contributed by atoms with E-state index in [1.807, 2.05) is 0 Å². The van der Waals surface area contributed by atoms with E-state index in [0.29, 0.717) is 24.3 Å². The molecule has 1 unspecified atom stereocenters. The molecule has 0 spiro atoms. The van der Waals surface area contributed by atoms with Crippen LogP contribution in [0.5, 0.6) is 0 Å². The molecule has 0 fully saturated rings. The predicted molar refractivity (Wildman–Crippen MR) is 69.4 cm³/mol. The Morgan fingerprint density at radius 3 is 2.69 bits per heavy atom. The average molecular weight is 265 g/mol. The minimum absolute atomic E-state index is 0.394. The molecule has 1 aliphatic rings. The van der Waals surface area contributed by atoms with Gasteiger partial charge in [-0.25, -0.2) is 13.1 Å². The molecule has 0 saturated heterocycles. The molecule has 0 aromatic rings. The molecule has 0 aromatic heterocycles. The quantitative estimate of drug-likeness (QED) is 0.699. The maximum absolute atomic E-state index is 10.8. The molecule has 1 heterocycles. The summed E-state index contributed by atoms with van der Waals surface area (Å²) in [4.78, 5) is 4.36. The standard InChI is InChI=1S/C9H19N3O2S2/c1-7(2)8-6-11-9(15-8)10-4-5-12-16(3,13)14/h7-8,12H,4-6H2,1-3H3,(H,10,11). The van der Waals surface area contributed by atoms with Crippen LogP contribution in [0.4, 0.5) is 0 Å². The van der Waals surface area contributed by atoms with E-state index in [0.717, 1.165) is 18.0 Å². The van der Waals surface area contributed by atoms with Gasteiger partial charge in [-0.05, 0) is 5.92 Å². The van der Waals surface area contributed by atoms with Crippen LogP contribution in [-0.2, 0) is 10.0 Å². The molecule has 7 heteroatoms. The SMILES string of the molecule is CC(C)C1CN=C(NCCNS(C)(=O)=O)S1. The summed E-state index contributed by atoms with van der Waals surface area (Å²) >= 11 is 1.74. The molecule has 0 amide bonds. The normalized spacial score (nSPS) is 21.2.